The Hall–Kier alpha value is -2.87. The van der Waals surface area contributed by atoms with Crippen LogP contribution in [0.5, 0.6) is 0 Å². The first-order valence-electron chi connectivity index (χ1n) is 7.72. The number of ether oxygens (including phenoxy) is 1. The molecule has 0 saturated heterocycles. The quantitative estimate of drug-likeness (QED) is 0.771. The second kappa shape index (κ2) is 5.89. The van der Waals surface area contributed by atoms with E-state index in [2.05, 4.69) is 15.0 Å². The fourth-order valence-electron chi connectivity index (χ4n) is 2.71. The molecule has 2 aromatic heterocycles. The summed E-state index contributed by atoms with van der Waals surface area (Å²) in [5, 5.41) is 0. The fourth-order valence-corrected chi connectivity index (χ4v) is 2.71. The number of imidazole rings is 1. The van der Waals surface area contributed by atoms with Crippen molar-refractivity contribution in [2.45, 2.75) is 12.5 Å². The Bertz CT molecular complexity index is 939. The van der Waals surface area contributed by atoms with Gasteiger partial charge in [0, 0.05) is 11.8 Å². The molecule has 3 aromatic rings. The van der Waals surface area contributed by atoms with Gasteiger partial charge in [0.05, 0.1) is 19.1 Å². The summed E-state index contributed by atoms with van der Waals surface area (Å²) in [5.41, 5.74) is 7.43. The molecule has 2 heterocycles. The molecule has 1 aliphatic carbocycles. The van der Waals surface area contributed by atoms with E-state index in [4.69, 9.17) is 10.5 Å². The van der Waals surface area contributed by atoms with Crippen LogP contribution in [-0.4, -0.2) is 32.0 Å². The highest BCUT2D eigenvalue weighted by molar-refractivity contribution is 5.82. The third-order valence-corrected chi connectivity index (χ3v) is 4.18. The second-order valence-electron chi connectivity index (χ2n) is 5.84. The topological polar surface area (TPSA) is 78.9 Å². The Balaban J connectivity index is 1.48. The Morgan fingerprint density at radius 1 is 1.20 bits per heavy atom. The van der Waals surface area contributed by atoms with E-state index >= 15 is 0 Å². The summed E-state index contributed by atoms with van der Waals surface area (Å²) >= 11 is 0. The molecule has 0 aliphatic heterocycles. The van der Waals surface area contributed by atoms with Gasteiger partial charge in [0.1, 0.15) is 12.7 Å². The molecule has 1 unspecified atom stereocenters. The van der Waals surface area contributed by atoms with Gasteiger partial charge in [0.25, 0.3) is 5.92 Å². The number of nitrogens with two attached hydrogens (primary N) is 1. The number of benzene rings is 1. The van der Waals surface area contributed by atoms with Crippen molar-refractivity contribution in [2.75, 3.05) is 12.3 Å². The molecule has 1 atom stereocenters. The molecule has 0 amide bonds. The summed E-state index contributed by atoms with van der Waals surface area (Å²) in [4.78, 5) is 11.9. The second-order valence-corrected chi connectivity index (χ2v) is 5.84. The van der Waals surface area contributed by atoms with Crippen molar-refractivity contribution >= 4 is 23.2 Å². The van der Waals surface area contributed by atoms with Crippen LogP contribution in [0.1, 0.15) is 5.56 Å². The maximum atomic E-state index is 14.0. The molecule has 0 spiro atoms. The number of anilines is 1. The minimum absolute atomic E-state index is 0.00274. The van der Waals surface area contributed by atoms with Crippen LogP contribution in [0.25, 0.3) is 17.4 Å². The predicted molar refractivity (Wildman–Crippen MR) is 88.5 cm³/mol. The Labute approximate surface area is 142 Å². The van der Waals surface area contributed by atoms with E-state index in [9.17, 15) is 8.78 Å². The molecule has 1 aliphatic rings. The van der Waals surface area contributed by atoms with Gasteiger partial charge in [-0.3, -0.25) is 4.57 Å². The molecular formula is C17H15F2N5O. The van der Waals surface area contributed by atoms with Gasteiger partial charge < -0.3 is 10.5 Å². The largest absolute Gasteiger partial charge is 0.382 e. The molecule has 0 radical (unpaired) electrons. The van der Waals surface area contributed by atoms with Crippen LogP contribution in [0, 0.1) is 5.92 Å². The normalized spacial score (nSPS) is 20.2. The van der Waals surface area contributed by atoms with Crippen molar-refractivity contribution in [1.29, 1.82) is 0 Å². The van der Waals surface area contributed by atoms with Crippen molar-refractivity contribution in [3.05, 3.63) is 54.1 Å². The van der Waals surface area contributed by atoms with Gasteiger partial charge in [-0.1, -0.05) is 30.3 Å². The number of halogens is 2. The van der Waals surface area contributed by atoms with Gasteiger partial charge >= 0.3 is 0 Å². The van der Waals surface area contributed by atoms with Gasteiger partial charge in [-0.15, -0.1) is 0 Å². The SMILES string of the molecule is Nc1ncnc2c1ncn2/C=C1\C(COCc2ccccc2)C1(F)F. The lowest BCUT2D eigenvalue weighted by atomic mass is 10.2. The number of hydrogen-bond donors (Lipinski definition) is 1. The standard InChI is InChI=1S/C17H15F2N5O/c18-17(19)12(13(17)8-25-7-11-4-2-1-3-5-11)6-24-10-23-14-15(20)21-9-22-16(14)24/h1-6,9-10,13H,7-8H2,(H2,20,21,22)/b12-6+. The van der Waals surface area contributed by atoms with Gasteiger partial charge in [-0.2, -0.15) is 0 Å². The predicted octanol–water partition coefficient (Wildman–Crippen LogP) is 2.73. The Morgan fingerprint density at radius 2 is 2.00 bits per heavy atom. The van der Waals surface area contributed by atoms with Gasteiger partial charge in [-0.05, 0) is 5.56 Å². The zero-order valence-corrected chi connectivity index (χ0v) is 13.1. The molecule has 1 saturated carbocycles. The summed E-state index contributed by atoms with van der Waals surface area (Å²) in [7, 11) is 0. The number of rotatable bonds is 5. The highest BCUT2D eigenvalue weighted by atomic mass is 19.3. The lowest BCUT2D eigenvalue weighted by Gasteiger charge is -2.02. The maximum absolute atomic E-state index is 14.0. The van der Waals surface area contributed by atoms with E-state index in [0.29, 0.717) is 17.8 Å². The summed E-state index contributed by atoms with van der Waals surface area (Å²) in [6.45, 7) is 0.260. The van der Waals surface area contributed by atoms with Crippen LogP contribution in [0.15, 0.2) is 48.6 Å². The average Bonchev–Trinajstić information content (AvgIpc) is 2.94. The Kier molecular flexibility index (Phi) is 3.69. The molecule has 128 valence electrons. The van der Waals surface area contributed by atoms with Crippen molar-refractivity contribution in [1.82, 2.24) is 19.5 Å². The number of nitrogens with zero attached hydrogens (tertiary/aromatic N) is 4. The number of alkyl halides is 2. The molecule has 2 N–H and O–H groups in total. The van der Waals surface area contributed by atoms with Crippen LogP contribution in [-0.2, 0) is 11.3 Å². The lowest BCUT2D eigenvalue weighted by Crippen LogP contribution is -2.03. The number of fused-ring (bicyclic) bond motifs is 1. The molecule has 0 bridgehead atoms. The minimum Gasteiger partial charge on any atom is -0.382 e. The zero-order chi connectivity index (χ0) is 17.4. The van der Waals surface area contributed by atoms with Crippen LogP contribution >= 0.6 is 0 Å². The van der Waals surface area contributed by atoms with Crippen molar-refractivity contribution in [2.24, 2.45) is 5.92 Å². The van der Waals surface area contributed by atoms with Crippen molar-refractivity contribution in [3.8, 4) is 0 Å². The van der Waals surface area contributed by atoms with Crippen molar-refractivity contribution in [3.63, 3.8) is 0 Å². The highest BCUT2D eigenvalue weighted by Crippen LogP contribution is 2.55. The van der Waals surface area contributed by atoms with E-state index in [1.165, 1.54) is 23.4 Å². The van der Waals surface area contributed by atoms with E-state index in [1.54, 1.807) is 0 Å². The Morgan fingerprint density at radius 3 is 2.80 bits per heavy atom. The zero-order valence-electron chi connectivity index (χ0n) is 13.1. The smallest absolute Gasteiger partial charge is 0.280 e. The van der Waals surface area contributed by atoms with Crippen LogP contribution in [0.2, 0.25) is 0 Å². The van der Waals surface area contributed by atoms with E-state index < -0.39 is 11.8 Å². The van der Waals surface area contributed by atoms with Gasteiger partial charge in [-0.25, -0.2) is 23.7 Å². The minimum atomic E-state index is -2.88. The van der Waals surface area contributed by atoms with Gasteiger partial charge in [0.2, 0.25) is 0 Å². The fraction of sp³-hybridized carbons (Fsp3) is 0.235. The monoisotopic (exact) mass is 343 g/mol. The molecule has 1 fully saturated rings. The molecule has 8 heteroatoms. The molecule has 6 nitrogen and oxygen atoms in total. The van der Waals surface area contributed by atoms with E-state index in [0.717, 1.165) is 5.56 Å². The van der Waals surface area contributed by atoms with Crippen LogP contribution in [0.3, 0.4) is 0 Å². The third-order valence-electron chi connectivity index (χ3n) is 4.18. The van der Waals surface area contributed by atoms with Crippen LogP contribution in [0.4, 0.5) is 14.6 Å². The molecule has 4 rings (SSSR count). The third kappa shape index (κ3) is 2.85. The lowest BCUT2D eigenvalue weighted by molar-refractivity contribution is 0.0509. The molecular weight excluding hydrogens is 328 g/mol. The van der Waals surface area contributed by atoms with E-state index in [-0.39, 0.29) is 18.0 Å². The first-order chi connectivity index (χ1) is 12.1. The summed E-state index contributed by atoms with van der Waals surface area (Å²) in [6, 6.07) is 9.44. The number of hydrogen-bond acceptors (Lipinski definition) is 5. The number of aromatic nitrogens is 4. The number of nitrogen functional groups attached to an aromatic ring is 1. The molecule has 25 heavy (non-hydrogen) atoms. The summed E-state index contributed by atoms with van der Waals surface area (Å²) in [5.74, 6) is -3.61. The summed E-state index contributed by atoms with van der Waals surface area (Å²) < 4.78 is 34.9. The maximum Gasteiger partial charge on any atom is 0.280 e. The van der Waals surface area contributed by atoms with Crippen molar-refractivity contribution < 1.29 is 13.5 Å². The first-order valence-corrected chi connectivity index (χ1v) is 7.72. The van der Waals surface area contributed by atoms with Gasteiger partial charge in [0.15, 0.2) is 17.0 Å². The van der Waals surface area contributed by atoms with E-state index in [1.807, 2.05) is 30.3 Å². The average molecular weight is 343 g/mol. The summed E-state index contributed by atoms with van der Waals surface area (Å²) in [6.07, 6.45) is 4.02. The highest BCUT2D eigenvalue weighted by Gasteiger charge is 2.63. The van der Waals surface area contributed by atoms with Crippen LogP contribution < -0.4 is 5.73 Å². The molecule has 1 aromatic carbocycles. The first kappa shape index (κ1) is 15.6.